The first kappa shape index (κ1) is 15.5. The molecule has 132 valence electrons. The van der Waals surface area contributed by atoms with Crippen LogP contribution >= 0.6 is 11.3 Å². The van der Waals surface area contributed by atoms with E-state index >= 15 is 0 Å². The van der Waals surface area contributed by atoms with Crippen molar-refractivity contribution in [1.82, 2.24) is 15.0 Å². The van der Waals surface area contributed by atoms with Crippen molar-refractivity contribution in [3.8, 4) is 11.4 Å². The summed E-state index contributed by atoms with van der Waals surface area (Å²) in [5.74, 6) is 0.516. The summed E-state index contributed by atoms with van der Waals surface area (Å²) >= 11 is 1.47. The van der Waals surface area contributed by atoms with E-state index < -0.39 is 0 Å². The predicted molar refractivity (Wildman–Crippen MR) is 108 cm³/mol. The summed E-state index contributed by atoms with van der Waals surface area (Å²) in [5.41, 5.74) is 9.91. The highest BCUT2D eigenvalue weighted by atomic mass is 32.1. The first-order chi connectivity index (χ1) is 12.7. The molecule has 0 bridgehead atoms. The van der Waals surface area contributed by atoms with Crippen molar-refractivity contribution >= 4 is 44.0 Å². The van der Waals surface area contributed by atoms with E-state index in [0.717, 1.165) is 34.3 Å². The van der Waals surface area contributed by atoms with Gasteiger partial charge >= 0.3 is 0 Å². The molecule has 26 heavy (non-hydrogen) atoms. The first-order valence-corrected chi connectivity index (χ1v) is 9.73. The highest BCUT2D eigenvalue weighted by Gasteiger charge is 2.17. The van der Waals surface area contributed by atoms with Gasteiger partial charge < -0.3 is 20.6 Å². The van der Waals surface area contributed by atoms with Gasteiger partial charge in [-0.2, -0.15) is 0 Å². The number of pyridine rings is 1. The molecule has 1 saturated heterocycles. The molecule has 0 unspecified atom stereocenters. The van der Waals surface area contributed by atoms with Crippen LogP contribution in [0.3, 0.4) is 0 Å². The molecule has 0 aliphatic carbocycles. The zero-order valence-electron chi connectivity index (χ0n) is 14.2. The molecule has 0 spiro atoms. The monoisotopic (exact) mass is 365 g/mol. The second-order valence-corrected chi connectivity index (χ2v) is 7.66. The first-order valence-electron chi connectivity index (χ1n) is 8.85. The van der Waals surface area contributed by atoms with Crippen LogP contribution in [0.15, 0.2) is 34.4 Å². The summed E-state index contributed by atoms with van der Waals surface area (Å²) < 4.78 is 0. The Bertz CT molecular complexity index is 1170. The number of piperidine rings is 1. The Morgan fingerprint density at radius 3 is 2.81 bits per heavy atom. The maximum atomic E-state index is 12.5. The molecule has 1 aliphatic rings. The van der Waals surface area contributed by atoms with Gasteiger partial charge in [0.1, 0.15) is 16.2 Å². The molecule has 4 heterocycles. The lowest BCUT2D eigenvalue weighted by Crippen LogP contribution is -2.29. The third kappa shape index (κ3) is 2.39. The molecule has 7 heteroatoms. The zero-order valence-corrected chi connectivity index (χ0v) is 15.0. The average Bonchev–Trinajstić information content (AvgIpc) is 3.28. The number of nitrogens with zero attached hydrogens (tertiary/aromatic N) is 2. The molecule has 3 aromatic heterocycles. The number of hydrogen-bond acceptors (Lipinski definition) is 5. The van der Waals surface area contributed by atoms with E-state index in [4.69, 9.17) is 5.73 Å². The molecular formula is C19H19N5OS. The van der Waals surface area contributed by atoms with Gasteiger partial charge in [-0.3, -0.25) is 4.79 Å². The van der Waals surface area contributed by atoms with Crippen LogP contribution in [0, 0.1) is 0 Å². The van der Waals surface area contributed by atoms with E-state index in [1.54, 1.807) is 0 Å². The van der Waals surface area contributed by atoms with Crippen molar-refractivity contribution in [3.63, 3.8) is 0 Å². The number of imidazole rings is 1. The van der Waals surface area contributed by atoms with Crippen LogP contribution in [0.1, 0.15) is 19.3 Å². The third-order valence-corrected chi connectivity index (χ3v) is 5.93. The number of aromatic nitrogens is 3. The Morgan fingerprint density at radius 2 is 1.96 bits per heavy atom. The van der Waals surface area contributed by atoms with Crippen LogP contribution in [-0.2, 0) is 0 Å². The summed E-state index contributed by atoms with van der Waals surface area (Å²) in [6, 6.07) is 8.15. The number of hydrogen-bond donors (Lipinski definition) is 3. The molecule has 0 atom stereocenters. The highest BCUT2D eigenvalue weighted by molar-refractivity contribution is 7.16. The number of fused-ring (bicyclic) bond motifs is 2. The van der Waals surface area contributed by atoms with Crippen molar-refractivity contribution < 1.29 is 0 Å². The molecule has 1 aromatic carbocycles. The standard InChI is InChI=1S/C19H19N5OS/c20-16-12-6-9-26-19(12)23-18(25)15(16)17-21-13-5-4-11(10-14(13)22-17)24-7-2-1-3-8-24/h4-6,9-10H,1-3,7-8H2,(H,21,22)(H3,20,23,25). The van der Waals surface area contributed by atoms with Gasteiger partial charge in [0, 0.05) is 24.2 Å². The second kappa shape index (κ2) is 5.88. The number of aromatic amines is 2. The number of thiophene rings is 1. The summed E-state index contributed by atoms with van der Waals surface area (Å²) in [7, 11) is 0. The molecule has 6 nitrogen and oxygen atoms in total. The SMILES string of the molecule is Nc1c(-c2nc3ccc(N4CCCCC4)cc3[nH]2)c(=O)[nH]c2sccc12. The Kier molecular flexibility index (Phi) is 3.49. The molecular weight excluding hydrogens is 346 g/mol. The molecule has 4 N–H and O–H groups in total. The molecule has 1 fully saturated rings. The predicted octanol–water partition coefficient (Wildman–Crippen LogP) is 3.71. The lowest BCUT2D eigenvalue weighted by molar-refractivity contribution is 0.578. The molecule has 1 aliphatic heterocycles. The zero-order chi connectivity index (χ0) is 17.7. The second-order valence-electron chi connectivity index (χ2n) is 6.74. The fraction of sp³-hybridized carbons (Fsp3) is 0.263. The molecule has 0 amide bonds. The van der Waals surface area contributed by atoms with E-state index in [0.29, 0.717) is 17.1 Å². The van der Waals surface area contributed by atoms with Crippen molar-refractivity contribution in [1.29, 1.82) is 0 Å². The van der Waals surface area contributed by atoms with Gasteiger partial charge in [-0.1, -0.05) is 0 Å². The minimum Gasteiger partial charge on any atom is -0.397 e. The quantitative estimate of drug-likeness (QED) is 0.505. The average molecular weight is 365 g/mol. The molecule has 0 saturated carbocycles. The lowest BCUT2D eigenvalue weighted by Gasteiger charge is -2.28. The van der Waals surface area contributed by atoms with Crippen LogP contribution in [0.5, 0.6) is 0 Å². The number of nitrogen functional groups attached to an aromatic ring is 1. The van der Waals surface area contributed by atoms with Crippen molar-refractivity contribution in [2.45, 2.75) is 19.3 Å². The molecule has 4 aromatic rings. The normalized spacial score (nSPS) is 15.2. The van der Waals surface area contributed by atoms with Gasteiger partial charge in [0.25, 0.3) is 5.56 Å². The van der Waals surface area contributed by atoms with E-state index in [2.05, 4.69) is 32.0 Å². The van der Waals surface area contributed by atoms with Gasteiger partial charge in [0.2, 0.25) is 0 Å². The number of nitrogens with two attached hydrogens (primary N) is 1. The lowest BCUT2D eigenvalue weighted by atomic mass is 10.1. The van der Waals surface area contributed by atoms with Gasteiger partial charge in [-0.05, 0) is 48.9 Å². The summed E-state index contributed by atoms with van der Waals surface area (Å²) in [4.78, 5) is 26.5. The molecule has 0 radical (unpaired) electrons. The van der Waals surface area contributed by atoms with Crippen LogP contribution in [0.2, 0.25) is 0 Å². The van der Waals surface area contributed by atoms with E-state index in [-0.39, 0.29) is 5.56 Å². The topological polar surface area (TPSA) is 90.8 Å². The number of anilines is 2. The van der Waals surface area contributed by atoms with Crippen LogP contribution in [-0.4, -0.2) is 28.0 Å². The molecule has 5 rings (SSSR count). The Morgan fingerprint density at radius 1 is 1.12 bits per heavy atom. The van der Waals surface area contributed by atoms with Gasteiger partial charge in [0.15, 0.2) is 0 Å². The fourth-order valence-corrected chi connectivity index (χ4v) is 4.54. The Balaban J connectivity index is 1.63. The number of benzene rings is 1. The minimum absolute atomic E-state index is 0.215. The Labute approximate surface area is 153 Å². The van der Waals surface area contributed by atoms with Gasteiger partial charge in [-0.15, -0.1) is 11.3 Å². The van der Waals surface area contributed by atoms with Crippen molar-refractivity contribution in [2.75, 3.05) is 23.7 Å². The van der Waals surface area contributed by atoms with E-state index in [1.165, 1.54) is 36.3 Å². The van der Waals surface area contributed by atoms with Crippen molar-refractivity contribution in [2.24, 2.45) is 0 Å². The van der Waals surface area contributed by atoms with Gasteiger partial charge in [0.05, 0.1) is 16.7 Å². The maximum Gasteiger partial charge on any atom is 0.262 e. The minimum atomic E-state index is -0.215. The third-order valence-electron chi connectivity index (χ3n) is 5.10. The van der Waals surface area contributed by atoms with Crippen LogP contribution in [0.25, 0.3) is 32.6 Å². The van der Waals surface area contributed by atoms with Crippen LogP contribution in [0.4, 0.5) is 11.4 Å². The summed E-state index contributed by atoms with van der Waals surface area (Å²) in [6.45, 7) is 2.18. The summed E-state index contributed by atoms with van der Waals surface area (Å²) in [5, 5.41) is 2.78. The number of rotatable bonds is 2. The summed E-state index contributed by atoms with van der Waals surface area (Å²) in [6.07, 6.45) is 3.78. The van der Waals surface area contributed by atoms with E-state index in [1.807, 2.05) is 17.5 Å². The maximum absolute atomic E-state index is 12.5. The van der Waals surface area contributed by atoms with Crippen molar-refractivity contribution in [3.05, 3.63) is 40.0 Å². The largest absolute Gasteiger partial charge is 0.397 e. The number of H-pyrrole nitrogens is 2. The number of nitrogens with one attached hydrogen (secondary N) is 2. The van der Waals surface area contributed by atoms with Gasteiger partial charge in [-0.25, -0.2) is 4.98 Å². The smallest absolute Gasteiger partial charge is 0.262 e. The van der Waals surface area contributed by atoms with Crippen LogP contribution < -0.4 is 16.2 Å². The van der Waals surface area contributed by atoms with E-state index in [9.17, 15) is 4.79 Å². The highest BCUT2D eigenvalue weighted by Crippen LogP contribution is 2.31. The Hall–Kier alpha value is -2.80. The fourth-order valence-electron chi connectivity index (χ4n) is 3.74.